The van der Waals surface area contributed by atoms with E-state index in [4.69, 9.17) is 14.1 Å². The molecule has 0 fully saturated rings. The molecule has 4 rings (SSSR count). The highest BCUT2D eigenvalue weighted by atomic mass is 16.5. The van der Waals surface area contributed by atoms with Gasteiger partial charge in [0.2, 0.25) is 0 Å². The molecule has 26 heavy (non-hydrogen) atoms. The van der Waals surface area contributed by atoms with Gasteiger partial charge in [0.1, 0.15) is 18.1 Å². The summed E-state index contributed by atoms with van der Waals surface area (Å²) in [7, 11) is 1.67. The Bertz CT molecular complexity index is 861. The third kappa shape index (κ3) is 3.69. The number of aromatic nitrogens is 2. The van der Waals surface area contributed by atoms with E-state index in [-0.39, 0.29) is 6.04 Å². The predicted molar refractivity (Wildman–Crippen MR) is 99.4 cm³/mol. The Balaban J connectivity index is 1.48. The van der Waals surface area contributed by atoms with E-state index in [0.29, 0.717) is 13.2 Å². The Hall–Kier alpha value is -2.50. The van der Waals surface area contributed by atoms with Crippen molar-refractivity contribution in [3.05, 3.63) is 71.4 Å². The number of methoxy groups -OCH3 is 1. The van der Waals surface area contributed by atoms with Crippen LogP contribution < -0.4 is 5.32 Å². The topological polar surface area (TPSA) is 60.2 Å². The van der Waals surface area contributed by atoms with Crippen molar-refractivity contribution >= 4 is 0 Å². The number of benzene rings is 1. The summed E-state index contributed by atoms with van der Waals surface area (Å²) in [6.45, 7) is 1.19. The Kier molecular flexibility index (Phi) is 5.09. The molecule has 1 aliphatic carbocycles. The van der Waals surface area contributed by atoms with E-state index in [9.17, 15) is 0 Å². The van der Waals surface area contributed by atoms with E-state index in [1.165, 1.54) is 5.56 Å². The van der Waals surface area contributed by atoms with Crippen LogP contribution in [0.5, 0.6) is 0 Å². The second-order valence-electron chi connectivity index (χ2n) is 6.59. The van der Waals surface area contributed by atoms with Gasteiger partial charge in [0.05, 0.1) is 6.54 Å². The molecule has 0 amide bonds. The summed E-state index contributed by atoms with van der Waals surface area (Å²) >= 11 is 0. The number of hydrogen-bond donors (Lipinski definition) is 1. The average molecular weight is 349 g/mol. The third-order valence-corrected chi connectivity index (χ3v) is 4.74. The molecule has 2 heterocycles. The molecule has 3 aromatic rings. The molecule has 1 atom stereocenters. The minimum atomic E-state index is 0.263. The van der Waals surface area contributed by atoms with Crippen LogP contribution in [0.15, 0.2) is 53.1 Å². The quantitative estimate of drug-likeness (QED) is 0.727. The molecule has 2 aromatic heterocycles. The van der Waals surface area contributed by atoms with Crippen LogP contribution in [-0.4, -0.2) is 17.1 Å². The third-order valence-electron chi connectivity index (χ3n) is 4.74. The average Bonchev–Trinajstić information content (AvgIpc) is 3.14. The molecule has 1 unspecified atom stereocenters. The van der Waals surface area contributed by atoms with Crippen LogP contribution >= 0.6 is 0 Å². The molecule has 5 heteroatoms. The molecule has 0 saturated heterocycles. The monoisotopic (exact) mass is 349 g/mol. The van der Waals surface area contributed by atoms with E-state index in [0.717, 1.165) is 47.9 Å². The van der Waals surface area contributed by atoms with Crippen molar-refractivity contribution in [1.82, 2.24) is 15.3 Å². The van der Waals surface area contributed by atoms with Crippen LogP contribution in [-0.2, 0) is 24.3 Å². The molecule has 0 saturated carbocycles. The molecule has 0 radical (unpaired) electrons. The lowest BCUT2D eigenvalue weighted by atomic mass is 9.92. The number of ether oxygens (including phenoxy) is 1. The summed E-state index contributed by atoms with van der Waals surface area (Å²) in [4.78, 5) is 9.43. The van der Waals surface area contributed by atoms with E-state index in [1.54, 1.807) is 7.11 Å². The fourth-order valence-corrected chi connectivity index (χ4v) is 3.45. The molecule has 1 aliphatic rings. The van der Waals surface area contributed by atoms with E-state index in [1.807, 2.05) is 36.5 Å². The van der Waals surface area contributed by atoms with E-state index in [2.05, 4.69) is 22.4 Å². The fraction of sp³-hybridized carbons (Fsp3) is 0.333. The maximum absolute atomic E-state index is 5.76. The number of nitrogens with zero attached hydrogens (tertiary/aromatic N) is 2. The van der Waals surface area contributed by atoms with Crippen LogP contribution in [0.25, 0.3) is 11.4 Å². The molecule has 0 aliphatic heterocycles. The van der Waals surface area contributed by atoms with Gasteiger partial charge in [-0.1, -0.05) is 30.3 Å². The van der Waals surface area contributed by atoms with Crippen molar-refractivity contribution in [2.24, 2.45) is 0 Å². The highest BCUT2D eigenvalue weighted by molar-refractivity contribution is 5.55. The molecule has 0 bridgehead atoms. The highest BCUT2D eigenvalue weighted by Gasteiger charge is 2.22. The van der Waals surface area contributed by atoms with Crippen LogP contribution in [0.2, 0.25) is 0 Å². The van der Waals surface area contributed by atoms with Gasteiger partial charge in [0.25, 0.3) is 0 Å². The summed E-state index contributed by atoms with van der Waals surface area (Å²) in [5.41, 5.74) is 3.42. The fourth-order valence-electron chi connectivity index (χ4n) is 3.45. The molecule has 134 valence electrons. The van der Waals surface area contributed by atoms with Gasteiger partial charge in [-0.3, -0.25) is 0 Å². The number of hydrogen-bond acceptors (Lipinski definition) is 5. The first kappa shape index (κ1) is 16.9. The number of furan rings is 1. The number of fused-ring (bicyclic) bond motifs is 1. The zero-order valence-electron chi connectivity index (χ0n) is 14.9. The predicted octanol–water partition coefficient (Wildman–Crippen LogP) is 4.05. The molecular weight excluding hydrogens is 326 g/mol. The second-order valence-corrected chi connectivity index (χ2v) is 6.59. The van der Waals surface area contributed by atoms with E-state index < -0.39 is 0 Å². The molecular formula is C21H23N3O2. The summed E-state index contributed by atoms with van der Waals surface area (Å²) in [5, 5.41) is 3.59. The van der Waals surface area contributed by atoms with Gasteiger partial charge >= 0.3 is 0 Å². The van der Waals surface area contributed by atoms with Gasteiger partial charge in [-0.15, -0.1) is 0 Å². The smallest absolute Gasteiger partial charge is 0.159 e. The van der Waals surface area contributed by atoms with Crippen molar-refractivity contribution in [2.45, 2.75) is 38.5 Å². The van der Waals surface area contributed by atoms with Crippen LogP contribution in [0.1, 0.15) is 41.7 Å². The van der Waals surface area contributed by atoms with Gasteiger partial charge in [-0.05, 0) is 31.4 Å². The number of aryl methyl sites for hydroxylation is 1. The van der Waals surface area contributed by atoms with Crippen molar-refractivity contribution in [3.63, 3.8) is 0 Å². The summed E-state index contributed by atoms with van der Waals surface area (Å²) in [6.07, 6.45) is 5.21. The lowest BCUT2D eigenvalue weighted by molar-refractivity contribution is 0.162. The van der Waals surface area contributed by atoms with Crippen LogP contribution in [0, 0.1) is 0 Å². The Morgan fingerprint density at radius 2 is 2.00 bits per heavy atom. The van der Waals surface area contributed by atoms with Gasteiger partial charge in [-0.2, -0.15) is 0 Å². The first-order valence-corrected chi connectivity index (χ1v) is 9.04. The van der Waals surface area contributed by atoms with Gasteiger partial charge in [0.15, 0.2) is 5.82 Å². The second kappa shape index (κ2) is 7.81. The SMILES string of the molecule is COCc1ccc(CNC2CCCc3nc(-c4ccccc4)ncc32)o1. The summed E-state index contributed by atoms with van der Waals surface area (Å²) in [6, 6.07) is 14.4. The Labute approximate surface area is 153 Å². The van der Waals surface area contributed by atoms with Gasteiger partial charge in [0, 0.05) is 36.2 Å². The molecule has 5 nitrogen and oxygen atoms in total. The largest absolute Gasteiger partial charge is 0.462 e. The molecule has 1 aromatic carbocycles. The number of nitrogens with one attached hydrogen (secondary N) is 1. The first-order valence-electron chi connectivity index (χ1n) is 9.04. The van der Waals surface area contributed by atoms with Crippen molar-refractivity contribution < 1.29 is 9.15 Å². The zero-order valence-corrected chi connectivity index (χ0v) is 14.9. The zero-order chi connectivity index (χ0) is 17.8. The van der Waals surface area contributed by atoms with Gasteiger partial charge in [-0.25, -0.2) is 9.97 Å². The van der Waals surface area contributed by atoms with Crippen molar-refractivity contribution in [1.29, 1.82) is 0 Å². The Morgan fingerprint density at radius 1 is 1.15 bits per heavy atom. The van der Waals surface area contributed by atoms with Crippen LogP contribution in [0.4, 0.5) is 0 Å². The Morgan fingerprint density at radius 3 is 2.85 bits per heavy atom. The number of rotatable bonds is 6. The maximum atomic E-state index is 5.76. The molecule has 0 spiro atoms. The normalized spacial score (nSPS) is 16.4. The first-order chi connectivity index (χ1) is 12.8. The van der Waals surface area contributed by atoms with Gasteiger partial charge < -0.3 is 14.5 Å². The standard InChI is InChI=1S/C21H23N3O2/c1-25-14-17-11-10-16(26-17)12-22-19-8-5-9-20-18(19)13-23-21(24-20)15-6-3-2-4-7-15/h2-4,6-7,10-11,13,19,22H,5,8-9,12,14H2,1H3. The molecule has 1 N–H and O–H groups in total. The van der Waals surface area contributed by atoms with E-state index >= 15 is 0 Å². The lowest BCUT2D eigenvalue weighted by Crippen LogP contribution is -2.25. The summed E-state index contributed by atoms with van der Waals surface area (Å²) in [5.74, 6) is 2.58. The lowest BCUT2D eigenvalue weighted by Gasteiger charge is -2.25. The van der Waals surface area contributed by atoms with Crippen molar-refractivity contribution in [3.8, 4) is 11.4 Å². The van der Waals surface area contributed by atoms with Crippen molar-refractivity contribution in [2.75, 3.05) is 7.11 Å². The minimum Gasteiger partial charge on any atom is -0.462 e. The minimum absolute atomic E-state index is 0.263. The highest BCUT2D eigenvalue weighted by Crippen LogP contribution is 2.30. The maximum Gasteiger partial charge on any atom is 0.159 e. The summed E-state index contributed by atoms with van der Waals surface area (Å²) < 4.78 is 10.9. The van der Waals surface area contributed by atoms with Crippen LogP contribution in [0.3, 0.4) is 0 Å².